The Morgan fingerprint density at radius 1 is 1.22 bits per heavy atom. The molecule has 122 valence electrons. The second-order valence-electron chi connectivity index (χ2n) is 5.11. The number of methoxy groups -OCH3 is 1. The van der Waals surface area contributed by atoms with Crippen molar-refractivity contribution in [2.45, 2.75) is 17.9 Å². The van der Waals surface area contributed by atoms with Crippen molar-refractivity contribution in [2.24, 2.45) is 0 Å². The molecular weight excluding hydrogens is 316 g/mol. The van der Waals surface area contributed by atoms with Gasteiger partial charge in [0.15, 0.2) is 9.84 Å². The highest BCUT2D eigenvalue weighted by atomic mass is 32.2. The summed E-state index contributed by atoms with van der Waals surface area (Å²) in [5.41, 5.74) is 1.25. The van der Waals surface area contributed by atoms with E-state index in [0.29, 0.717) is 5.56 Å². The topological polar surface area (TPSA) is 85.4 Å². The van der Waals surface area contributed by atoms with Crippen molar-refractivity contribution in [2.75, 3.05) is 13.4 Å². The number of ether oxygens (including phenoxy) is 1. The van der Waals surface area contributed by atoms with E-state index >= 15 is 0 Å². The molecule has 2 aromatic rings. The lowest BCUT2D eigenvalue weighted by molar-refractivity contribution is 0.0939. The number of hydrogen-bond acceptors (Lipinski definition) is 5. The standard InChI is InChI=1S/C16H18N2O4S/c1-11(18-16(19)12-6-8-17-9-7-12)13-4-5-15(23(3,20)21)14(10-13)22-2/h4-11H,1-3H3,(H,18,19). The largest absolute Gasteiger partial charge is 0.495 e. The molecule has 0 radical (unpaired) electrons. The van der Waals surface area contributed by atoms with Crippen LogP contribution in [0.5, 0.6) is 5.75 Å². The molecule has 1 aromatic heterocycles. The fourth-order valence-corrected chi connectivity index (χ4v) is 2.95. The normalized spacial score (nSPS) is 12.5. The minimum Gasteiger partial charge on any atom is -0.495 e. The number of carbonyl (C=O) groups is 1. The van der Waals surface area contributed by atoms with Crippen LogP contribution in [0, 0.1) is 0 Å². The summed E-state index contributed by atoms with van der Waals surface area (Å²) in [7, 11) is -1.96. The smallest absolute Gasteiger partial charge is 0.251 e. The van der Waals surface area contributed by atoms with Crippen LogP contribution in [0.1, 0.15) is 28.9 Å². The van der Waals surface area contributed by atoms with Crippen LogP contribution in [0.4, 0.5) is 0 Å². The molecule has 0 bridgehead atoms. The summed E-state index contributed by atoms with van der Waals surface area (Å²) in [5.74, 6) is 0.0288. The van der Waals surface area contributed by atoms with Crippen molar-refractivity contribution >= 4 is 15.7 Å². The highest BCUT2D eigenvalue weighted by molar-refractivity contribution is 7.90. The molecule has 1 N–H and O–H groups in total. The van der Waals surface area contributed by atoms with Crippen LogP contribution < -0.4 is 10.1 Å². The average molecular weight is 334 g/mol. The number of nitrogens with zero attached hydrogens (tertiary/aromatic N) is 1. The summed E-state index contributed by atoms with van der Waals surface area (Å²) < 4.78 is 28.6. The number of rotatable bonds is 5. The minimum absolute atomic E-state index is 0.122. The molecule has 1 atom stereocenters. The number of benzene rings is 1. The summed E-state index contributed by atoms with van der Waals surface area (Å²) in [6.45, 7) is 1.81. The van der Waals surface area contributed by atoms with Crippen molar-refractivity contribution in [1.29, 1.82) is 0 Å². The van der Waals surface area contributed by atoms with Gasteiger partial charge < -0.3 is 10.1 Å². The van der Waals surface area contributed by atoms with Crippen LogP contribution in [-0.2, 0) is 9.84 Å². The van der Waals surface area contributed by atoms with E-state index in [1.807, 2.05) is 6.92 Å². The summed E-state index contributed by atoms with van der Waals surface area (Å²) >= 11 is 0. The molecule has 0 fully saturated rings. The maximum atomic E-state index is 12.1. The number of aromatic nitrogens is 1. The van der Waals surface area contributed by atoms with Crippen molar-refractivity contribution in [1.82, 2.24) is 10.3 Å². The number of nitrogens with one attached hydrogen (secondary N) is 1. The molecule has 6 nitrogen and oxygen atoms in total. The third-order valence-corrected chi connectivity index (χ3v) is 4.51. The minimum atomic E-state index is -3.37. The molecule has 0 saturated heterocycles. The van der Waals surface area contributed by atoms with Crippen LogP contribution >= 0.6 is 0 Å². The maximum Gasteiger partial charge on any atom is 0.251 e. The van der Waals surface area contributed by atoms with Crippen LogP contribution in [0.3, 0.4) is 0 Å². The van der Waals surface area contributed by atoms with E-state index in [0.717, 1.165) is 11.8 Å². The molecule has 1 aromatic carbocycles. The second-order valence-corrected chi connectivity index (χ2v) is 7.10. The summed E-state index contributed by atoms with van der Waals surface area (Å²) in [6.07, 6.45) is 4.21. The number of amides is 1. The van der Waals surface area contributed by atoms with E-state index in [1.54, 1.807) is 36.7 Å². The van der Waals surface area contributed by atoms with Crippen LogP contribution in [0.15, 0.2) is 47.6 Å². The van der Waals surface area contributed by atoms with Crippen LogP contribution in [0.25, 0.3) is 0 Å². The van der Waals surface area contributed by atoms with Gasteiger partial charge in [0.25, 0.3) is 5.91 Å². The monoisotopic (exact) mass is 334 g/mol. The van der Waals surface area contributed by atoms with E-state index < -0.39 is 9.84 Å². The number of sulfone groups is 1. The first kappa shape index (κ1) is 17.0. The molecule has 1 unspecified atom stereocenters. The first-order chi connectivity index (χ1) is 10.8. The molecule has 0 spiro atoms. The highest BCUT2D eigenvalue weighted by Gasteiger charge is 2.17. The van der Waals surface area contributed by atoms with Crippen molar-refractivity contribution in [3.8, 4) is 5.75 Å². The van der Waals surface area contributed by atoms with E-state index in [-0.39, 0.29) is 22.6 Å². The van der Waals surface area contributed by atoms with Gasteiger partial charge in [-0.15, -0.1) is 0 Å². The zero-order chi connectivity index (χ0) is 17.0. The zero-order valence-electron chi connectivity index (χ0n) is 13.1. The van der Waals surface area contributed by atoms with E-state index in [9.17, 15) is 13.2 Å². The Kier molecular flexibility index (Phi) is 5.00. The second kappa shape index (κ2) is 6.78. The first-order valence-corrected chi connectivity index (χ1v) is 8.81. The van der Waals surface area contributed by atoms with Gasteiger partial charge in [-0.2, -0.15) is 0 Å². The van der Waals surface area contributed by atoms with Crippen LogP contribution in [0.2, 0.25) is 0 Å². The molecule has 1 amide bonds. The zero-order valence-corrected chi connectivity index (χ0v) is 13.9. The van der Waals surface area contributed by atoms with Gasteiger partial charge in [-0.05, 0) is 36.8 Å². The fraction of sp³-hybridized carbons (Fsp3) is 0.250. The Bertz CT molecular complexity index is 804. The Morgan fingerprint density at radius 3 is 2.43 bits per heavy atom. The quantitative estimate of drug-likeness (QED) is 0.904. The van der Waals surface area contributed by atoms with Gasteiger partial charge >= 0.3 is 0 Å². The third-order valence-electron chi connectivity index (χ3n) is 3.38. The van der Waals surface area contributed by atoms with E-state index in [1.165, 1.54) is 13.2 Å². The first-order valence-electron chi connectivity index (χ1n) is 6.92. The number of carbonyl (C=O) groups excluding carboxylic acids is 1. The molecule has 23 heavy (non-hydrogen) atoms. The fourth-order valence-electron chi connectivity index (χ4n) is 2.13. The van der Waals surface area contributed by atoms with Gasteiger partial charge in [0.1, 0.15) is 10.6 Å². The van der Waals surface area contributed by atoms with Crippen molar-refractivity contribution < 1.29 is 17.9 Å². The van der Waals surface area contributed by atoms with E-state index in [2.05, 4.69) is 10.3 Å². The number of hydrogen-bond donors (Lipinski definition) is 1. The third kappa shape index (κ3) is 4.07. The molecule has 7 heteroatoms. The van der Waals surface area contributed by atoms with Gasteiger partial charge in [-0.25, -0.2) is 8.42 Å². The van der Waals surface area contributed by atoms with E-state index in [4.69, 9.17) is 4.74 Å². The maximum absolute atomic E-state index is 12.1. The summed E-state index contributed by atoms with van der Waals surface area (Å²) in [5, 5.41) is 2.85. The predicted molar refractivity (Wildman–Crippen MR) is 86.2 cm³/mol. The lowest BCUT2D eigenvalue weighted by atomic mass is 10.1. The van der Waals surface area contributed by atoms with Gasteiger partial charge in [0, 0.05) is 24.2 Å². The SMILES string of the molecule is COc1cc(C(C)NC(=O)c2ccncc2)ccc1S(C)(=O)=O. The lowest BCUT2D eigenvalue weighted by Crippen LogP contribution is -2.26. The van der Waals surface area contributed by atoms with Gasteiger partial charge in [0.05, 0.1) is 13.2 Å². The average Bonchev–Trinajstić information content (AvgIpc) is 2.54. The Balaban J connectivity index is 2.23. The predicted octanol–water partition coefficient (Wildman–Crippen LogP) is 1.98. The highest BCUT2D eigenvalue weighted by Crippen LogP contribution is 2.27. The summed E-state index contributed by atoms with van der Waals surface area (Å²) in [4.78, 5) is 16.1. The van der Waals surface area contributed by atoms with Gasteiger partial charge in [0.2, 0.25) is 0 Å². The Hall–Kier alpha value is -2.41. The molecule has 0 aliphatic heterocycles. The summed E-state index contributed by atoms with van der Waals surface area (Å²) in [6, 6.07) is 7.70. The molecule has 0 aliphatic rings. The van der Waals surface area contributed by atoms with Crippen molar-refractivity contribution in [3.05, 3.63) is 53.9 Å². The molecule has 2 rings (SSSR count). The molecular formula is C16H18N2O4S. The molecule has 1 heterocycles. The number of pyridine rings is 1. The van der Waals surface area contributed by atoms with Crippen LogP contribution in [-0.4, -0.2) is 32.7 Å². The molecule has 0 saturated carbocycles. The van der Waals surface area contributed by atoms with Gasteiger partial charge in [-0.1, -0.05) is 6.07 Å². The Labute approximate surface area is 135 Å². The van der Waals surface area contributed by atoms with Gasteiger partial charge in [-0.3, -0.25) is 9.78 Å². The Morgan fingerprint density at radius 2 is 1.87 bits per heavy atom. The lowest BCUT2D eigenvalue weighted by Gasteiger charge is -2.16. The molecule has 0 aliphatic carbocycles. The van der Waals surface area contributed by atoms with Crippen molar-refractivity contribution in [3.63, 3.8) is 0 Å².